The third-order valence-corrected chi connectivity index (χ3v) is 8.24. The van der Waals surface area contributed by atoms with E-state index in [1.807, 2.05) is 17.6 Å². The summed E-state index contributed by atoms with van der Waals surface area (Å²) in [6, 6.07) is 9.79. The Morgan fingerprint density at radius 1 is 1.20 bits per heavy atom. The molecule has 30 heavy (non-hydrogen) atoms. The van der Waals surface area contributed by atoms with Crippen LogP contribution < -0.4 is 5.56 Å². The van der Waals surface area contributed by atoms with Gasteiger partial charge in [0.05, 0.1) is 10.9 Å². The lowest BCUT2D eigenvalue weighted by Crippen LogP contribution is -2.48. The Kier molecular flexibility index (Phi) is 4.12. The maximum atomic E-state index is 12.4. The molecule has 2 aliphatic rings. The molecule has 1 fully saturated rings. The number of aromatic nitrogens is 4. The Morgan fingerprint density at radius 3 is 2.90 bits per heavy atom. The predicted molar refractivity (Wildman–Crippen MR) is 117 cm³/mol. The molecule has 4 aromatic heterocycles. The highest BCUT2D eigenvalue weighted by molar-refractivity contribution is 7.17. The monoisotopic (exact) mass is 439 g/mol. The van der Waals surface area contributed by atoms with Gasteiger partial charge in [0.1, 0.15) is 5.82 Å². The van der Waals surface area contributed by atoms with Gasteiger partial charge in [-0.25, -0.2) is 4.98 Å². The summed E-state index contributed by atoms with van der Waals surface area (Å²) in [7, 11) is 0. The van der Waals surface area contributed by atoms with E-state index in [1.54, 1.807) is 21.9 Å². The molecule has 0 amide bonds. The third-order valence-electron chi connectivity index (χ3n) is 6.24. The van der Waals surface area contributed by atoms with Crippen molar-refractivity contribution >= 4 is 27.6 Å². The van der Waals surface area contributed by atoms with E-state index in [0.717, 1.165) is 41.6 Å². The fraction of sp³-hybridized carbons (Fsp3) is 0.381. The van der Waals surface area contributed by atoms with Gasteiger partial charge in [0, 0.05) is 42.2 Å². The zero-order valence-corrected chi connectivity index (χ0v) is 18.1. The molecule has 0 unspecified atom stereocenters. The van der Waals surface area contributed by atoms with Crippen LogP contribution in [0.1, 0.15) is 39.7 Å². The molecule has 154 valence electrons. The van der Waals surface area contributed by atoms with Crippen LogP contribution in [-0.4, -0.2) is 42.3 Å². The number of nitrogens with zero attached hydrogens (tertiary/aromatic N) is 5. The maximum absolute atomic E-state index is 12.4. The van der Waals surface area contributed by atoms with E-state index in [0.29, 0.717) is 17.7 Å². The molecule has 0 spiro atoms. The number of aromatic hydroxyl groups is 1. The molecule has 9 heteroatoms. The van der Waals surface area contributed by atoms with Crippen molar-refractivity contribution in [2.45, 2.75) is 31.8 Å². The second-order valence-corrected chi connectivity index (χ2v) is 10.2. The lowest BCUT2D eigenvalue weighted by atomic mass is 9.82. The summed E-state index contributed by atoms with van der Waals surface area (Å²) >= 11 is 3.22. The van der Waals surface area contributed by atoms with Crippen molar-refractivity contribution in [2.75, 3.05) is 13.1 Å². The van der Waals surface area contributed by atoms with E-state index in [4.69, 9.17) is 0 Å². The van der Waals surface area contributed by atoms with E-state index in [-0.39, 0.29) is 17.5 Å². The molecule has 3 atom stereocenters. The summed E-state index contributed by atoms with van der Waals surface area (Å²) in [5.74, 6) is 1.58. The smallest absolute Gasteiger partial charge is 0.250 e. The topological polar surface area (TPSA) is 75.7 Å². The fourth-order valence-corrected chi connectivity index (χ4v) is 7.19. The first-order valence-electron chi connectivity index (χ1n) is 10.1. The van der Waals surface area contributed by atoms with Crippen molar-refractivity contribution in [1.29, 1.82) is 0 Å². The van der Waals surface area contributed by atoms with Crippen LogP contribution in [0.2, 0.25) is 0 Å². The highest BCUT2D eigenvalue weighted by atomic mass is 32.1. The minimum Gasteiger partial charge on any atom is -0.492 e. The van der Waals surface area contributed by atoms with E-state index in [9.17, 15) is 9.90 Å². The normalized spacial score (nSPS) is 22.3. The van der Waals surface area contributed by atoms with Gasteiger partial charge in [0.15, 0.2) is 0 Å². The largest absolute Gasteiger partial charge is 0.492 e. The van der Waals surface area contributed by atoms with E-state index in [2.05, 4.69) is 38.6 Å². The summed E-state index contributed by atoms with van der Waals surface area (Å²) in [6.45, 7) is 4.35. The summed E-state index contributed by atoms with van der Waals surface area (Å²) in [5, 5.41) is 17.4. The number of hydrogen-bond acceptors (Lipinski definition) is 7. The van der Waals surface area contributed by atoms with E-state index < -0.39 is 0 Å². The van der Waals surface area contributed by atoms with Gasteiger partial charge in [0.25, 0.3) is 5.56 Å². The Hall–Kier alpha value is -2.49. The molecular weight excluding hydrogens is 418 g/mol. The van der Waals surface area contributed by atoms with Crippen LogP contribution in [0.3, 0.4) is 0 Å². The van der Waals surface area contributed by atoms with Crippen LogP contribution in [-0.2, 0) is 6.54 Å². The van der Waals surface area contributed by atoms with Crippen molar-refractivity contribution in [2.24, 2.45) is 5.92 Å². The molecule has 4 aromatic rings. The van der Waals surface area contributed by atoms with Gasteiger partial charge in [-0.2, -0.15) is 4.52 Å². The van der Waals surface area contributed by atoms with Gasteiger partial charge in [-0.1, -0.05) is 23.5 Å². The van der Waals surface area contributed by atoms with Crippen LogP contribution >= 0.6 is 22.7 Å². The van der Waals surface area contributed by atoms with Crippen LogP contribution in [0.5, 0.6) is 5.88 Å². The first kappa shape index (κ1) is 18.3. The standard InChI is InChI=1S/C21H21N5O2S2/c1-12-22-21-26(23-12)20(28)19(30-21)18(16-5-3-7-29-16)24-9-13-8-14(11-24)15-4-2-6-17(27)25(15)10-13/h2-7,13-14,18,28H,8-11H2,1H3/t13-,14+,18+/m0/s1. The SMILES string of the molecule is Cc1nc2sc([C@@H](c3cccs3)N3C[C@@H]4C[C@H](C3)c3cccc(=O)n3C4)c(O)n2n1. The quantitative estimate of drug-likeness (QED) is 0.530. The molecule has 0 aromatic carbocycles. The molecule has 2 aliphatic heterocycles. The van der Waals surface area contributed by atoms with Gasteiger partial charge < -0.3 is 9.67 Å². The van der Waals surface area contributed by atoms with Crippen molar-refractivity contribution in [3.8, 4) is 5.88 Å². The first-order chi connectivity index (χ1) is 14.6. The number of fused-ring (bicyclic) bond motifs is 5. The van der Waals surface area contributed by atoms with Gasteiger partial charge in [-0.15, -0.1) is 16.4 Å². The van der Waals surface area contributed by atoms with Crippen LogP contribution in [0, 0.1) is 12.8 Å². The third kappa shape index (κ3) is 2.76. The zero-order chi connectivity index (χ0) is 20.4. The Morgan fingerprint density at radius 2 is 2.10 bits per heavy atom. The van der Waals surface area contributed by atoms with Crippen molar-refractivity contribution in [3.05, 3.63) is 67.3 Å². The van der Waals surface area contributed by atoms with Crippen LogP contribution in [0.25, 0.3) is 4.96 Å². The zero-order valence-electron chi connectivity index (χ0n) is 16.4. The minimum atomic E-state index is -0.0360. The second kappa shape index (κ2) is 6.76. The van der Waals surface area contributed by atoms with Crippen molar-refractivity contribution in [3.63, 3.8) is 0 Å². The Labute approximate surface area is 180 Å². The molecule has 1 saturated heterocycles. The summed E-state index contributed by atoms with van der Waals surface area (Å²) < 4.78 is 3.51. The van der Waals surface area contributed by atoms with Crippen LogP contribution in [0.15, 0.2) is 40.5 Å². The minimum absolute atomic E-state index is 0.0360. The lowest BCUT2D eigenvalue weighted by molar-refractivity contribution is 0.0964. The van der Waals surface area contributed by atoms with Crippen LogP contribution in [0.4, 0.5) is 0 Å². The molecule has 7 nitrogen and oxygen atoms in total. The lowest BCUT2D eigenvalue weighted by Gasteiger charge is -2.45. The van der Waals surface area contributed by atoms with Crippen molar-refractivity contribution in [1.82, 2.24) is 24.1 Å². The number of piperidine rings is 1. The summed E-state index contributed by atoms with van der Waals surface area (Å²) in [4.78, 5) is 22.1. The molecule has 0 saturated carbocycles. The molecule has 0 aliphatic carbocycles. The number of likely N-dealkylation sites (tertiary alicyclic amines) is 1. The predicted octanol–water partition coefficient (Wildman–Crippen LogP) is 3.24. The Balaban J connectivity index is 1.43. The summed E-state index contributed by atoms with van der Waals surface area (Å²) in [5.41, 5.74) is 1.24. The molecule has 6 rings (SSSR count). The number of rotatable bonds is 3. The number of hydrogen-bond donors (Lipinski definition) is 1. The highest BCUT2D eigenvalue weighted by Crippen LogP contribution is 2.45. The van der Waals surface area contributed by atoms with Gasteiger partial charge >= 0.3 is 0 Å². The fourth-order valence-electron chi connectivity index (χ4n) is 5.09. The van der Waals surface area contributed by atoms with Gasteiger partial charge in [-0.05, 0) is 36.8 Å². The van der Waals surface area contributed by atoms with Gasteiger partial charge in [-0.3, -0.25) is 9.69 Å². The number of thiophene rings is 1. The van der Waals surface area contributed by atoms with Crippen molar-refractivity contribution < 1.29 is 5.11 Å². The number of pyridine rings is 1. The molecule has 6 heterocycles. The molecule has 0 radical (unpaired) electrons. The second-order valence-electron chi connectivity index (χ2n) is 8.21. The first-order valence-corrected chi connectivity index (χ1v) is 11.8. The molecule has 2 bridgehead atoms. The van der Waals surface area contributed by atoms with E-state index in [1.165, 1.54) is 16.2 Å². The molecule has 1 N–H and O–H groups in total. The average molecular weight is 440 g/mol. The Bertz CT molecular complexity index is 1290. The summed E-state index contributed by atoms with van der Waals surface area (Å²) in [6.07, 6.45) is 1.11. The highest BCUT2D eigenvalue weighted by Gasteiger charge is 2.39. The van der Waals surface area contributed by atoms with E-state index >= 15 is 0 Å². The average Bonchev–Trinajstić information content (AvgIpc) is 3.43. The van der Waals surface area contributed by atoms with Gasteiger partial charge in [0.2, 0.25) is 10.8 Å². The number of aryl methyl sites for hydroxylation is 1. The number of thiazole rings is 1. The molecular formula is C21H21N5O2S2. The maximum Gasteiger partial charge on any atom is 0.250 e.